The molecule has 0 saturated heterocycles. The maximum Gasteiger partial charge on any atom is 0.231 e. The van der Waals surface area contributed by atoms with E-state index in [2.05, 4.69) is 0 Å². The zero-order valence-electron chi connectivity index (χ0n) is 17.1. The summed E-state index contributed by atoms with van der Waals surface area (Å²) in [4.78, 5) is 13.0. The monoisotopic (exact) mass is 452 g/mol. The van der Waals surface area contributed by atoms with Gasteiger partial charge in [-0.05, 0) is 43.3 Å². The Kier molecular flexibility index (Phi) is 5.33. The Morgan fingerprint density at radius 1 is 1.16 bits per heavy atom. The minimum atomic E-state index is -0.333. The number of ether oxygens (including phenoxy) is 4. The molecule has 0 radical (unpaired) electrons. The second-order valence-electron chi connectivity index (χ2n) is 7.48. The van der Waals surface area contributed by atoms with Crippen molar-refractivity contribution in [3.63, 3.8) is 0 Å². The Hall–Kier alpha value is -3.35. The van der Waals surface area contributed by atoms with Crippen LogP contribution in [0.15, 0.2) is 54.3 Å². The van der Waals surface area contributed by atoms with E-state index >= 15 is 0 Å². The topological polar surface area (TPSA) is 54.0 Å². The van der Waals surface area contributed by atoms with Crippen LogP contribution in [-0.2, 0) is 18.0 Å². The van der Waals surface area contributed by atoms with Gasteiger partial charge in [0.2, 0.25) is 5.78 Å². The van der Waals surface area contributed by atoms with E-state index < -0.39 is 0 Å². The number of benzene rings is 3. The third kappa shape index (κ3) is 3.72. The van der Waals surface area contributed by atoms with Crippen molar-refractivity contribution < 1.29 is 28.1 Å². The maximum absolute atomic E-state index is 13.9. The number of rotatable bonds is 4. The number of Topliss-reactive ketones (excluding diaryl/α,β-unsaturated/α-hetero) is 1. The third-order valence-electron chi connectivity index (χ3n) is 5.37. The van der Waals surface area contributed by atoms with Crippen molar-refractivity contribution in [2.45, 2.75) is 20.1 Å². The molecule has 3 aromatic carbocycles. The second kappa shape index (κ2) is 8.30. The first-order valence-electron chi connectivity index (χ1n) is 9.98. The molecule has 2 aliphatic heterocycles. The van der Waals surface area contributed by atoms with Crippen molar-refractivity contribution in [3.05, 3.63) is 92.9 Å². The van der Waals surface area contributed by atoms with Crippen molar-refractivity contribution in [3.8, 4) is 17.2 Å². The largest absolute Gasteiger partial charge is 0.488 e. The second-order valence-corrected chi connectivity index (χ2v) is 7.92. The fourth-order valence-corrected chi connectivity index (χ4v) is 4.00. The minimum Gasteiger partial charge on any atom is -0.488 e. The smallest absolute Gasteiger partial charge is 0.231 e. The van der Waals surface area contributed by atoms with Gasteiger partial charge in [0, 0.05) is 27.3 Å². The zero-order chi connectivity index (χ0) is 22.2. The SMILES string of the molecule is Cc1c(OCc2ccccc2F)ccc2c1O/C(=C\c1cc(Cl)cc3c1OCOC3)C2=O. The fraction of sp³-hybridized carbons (Fsp3) is 0.160. The van der Waals surface area contributed by atoms with Crippen LogP contribution in [0, 0.1) is 12.7 Å². The van der Waals surface area contributed by atoms with Gasteiger partial charge in [-0.3, -0.25) is 4.79 Å². The number of carbonyl (C=O) groups excluding carboxylic acids is 1. The van der Waals surface area contributed by atoms with Crippen LogP contribution in [-0.4, -0.2) is 12.6 Å². The van der Waals surface area contributed by atoms with Gasteiger partial charge in [-0.25, -0.2) is 4.39 Å². The molecular weight excluding hydrogens is 435 g/mol. The number of hydrogen-bond donors (Lipinski definition) is 0. The van der Waals surface area contributed by atoms with E-state index in [-0.39, 0.29) is 30.8 Å². The van der Waals surface area contributed by atoms with Crippen LogP contribution in [0.5, 0.6) is 17.2 Å². The number of halogens is 2. The average molecular weight is 453 g/mol. The van der Waals surface area contributed by atoms with Crippen molar-refractivity contribution >= 4 is 23.5 Å². The quantitative estimate of drug-likeness (QED) is 0.465. The Bertz CT molecular complexity index is 1270. The molecule has 0 bridgehead atoms. The number of carbonyl (C=O) groups is 1. The standard InChI is InChI=1S/C25H18ClFO5/c1-14-21(30-12-15-4-2-3-5-20(15)27)7-6-19-23(28)22(32-24(14)19)10-16-8-18(26)9-17-11-29-13-31-25(16)17/h2-10H,11-13H2,1H3/b22-10-. The van der Waals surface area contributed by atoms with Crippen LogP contribution >= 0.6 is 11.6 Å². The summed E-state index contributed by atoms with van der Waals surface area (Å²) in [5.74, 6) is 1.14. The fourth-order valence-electron chi connectivity index (χ4n) is 3.75. The van der Waals surface area contributed by atoms with E-state index in [1.807, 2.05) is 0 Å². The molecule has 0 spiro atoms. The van der Waals surface area contributed by atoms with Crippen LogP contribution in [0.3, 0.4) is 0 Å². The highest BCUT2D eigenvalue weighted by atomic mass is 35.5. The molecule has 0 aromatic heterocycles. The van der Waals surface area contributed by atoms with E-state index in [9.17, 15) is 9.18 Å². The van der Waals surface area contributed by atoms with Gasteiger partial charge in [0.05, 0.1) is 12.2 Å². The average Bonchev–Trinajstić information content (AvgIpc) is 3.10. The van der Waals surface area contributed by atoms with Gasteiger partial charge in [0.25, 0.3) is 0 Å². The molecule has 0 fully saturated rings. The van der Waals surface area contributed by atoms with E-state index in [1.54, 1.807) is 55.5 Å². The molecule has 0 saturated carbocycles. The van der Waals surface area contributed by atoms with Gasteiger partial charge < -0.3 is 18.9 Å². The van der Waals surface area contributed by atoms with Crippen molar-refractivity contribution in [1.82, 2.24) is 0 Å². The van der Waals surface area contributed by atoms with Crippen LogP contribution in [0.25, 0.3) is 6.08 Å². The Balaban J connectivity index is 1.43. The van der Waals surface area contributed by atoms with Crippen molar-refractivity contribution in [1.29, 1.82) is 0 Å². The Labute approximate surface area is 188 Å². The molecule has 32 heavy (non-hydrogen) atoms. The predicted octanol–water partition coefficient (Wildman–Crippen LogP) is 5.85. The molecule has 0 atom stereocenters. The first kappa shape index (κ1) is 20.5. The molecule has 3 aromatic rings. The Morgan fingerprint density at radius 3 is 2.84 bits per heavy atom. The van der Waals surface area contributed by atoms with Crippen LogP contribution < -0.4 is 14.2 Å². The molecule has 2 heterocycles. The molecule has 0 aliphatic carbocycles. The molecule has 2 aliphatic rings. The molecule has 0 amide bonds. The lowest BCUT2D eigenvalue weighted by atomic mass is 10.0. The lowest BCUT2D eigenvalue weighted by molar-refractivity contribution is -0.0165. The first-order chi connectivity index (χ1) is 15.5. The molecule has 0 unspecified atom stereocenters. The summed E-state index contributed by atoms with van der Waals surface area (Å²) in [5.41, 5.74) is 2.99. The molecule has 162 valence electrons. The van der Waals surface area contributed by atoms with Crippen LogP contribution in [0.1, 0.15) is 32.6 Å². The third-order valence-corrected chi connectivity index (χ3v) is 5.59. The van der Waals surface area contributed by atoms with Crippen molar-refractivity contribution in [2.75, 3.05) is 6.79 Å². The summed E-state index contributed by atoms with van der Waals surface area (Å²) >= 11 is 6.23. The number of allylic oxidation sites excluding steroid dienone is 1. The first-order valence-corrected chi connectivity index (χ1v) is 10.4. The van der Waals surface area contributed by atoms with Gasteiger partial charge >= 0.3 is 0 Å². The van der Waals surface area contributed by atoms with Crippen LogP contribution in [0.4, 0.5) is 4.39 Å². The highest BCUT2D eigenvalue weighted by Gasteiger charge is 2.31. The zero-order valence-corrected chi connectivity index (χ0v) is 17.9. The van der Waals surface area contributed by atoms with Crippen molar-refractivity contribution in [2.24, 2.45) is 0 Å². The minimum absolute atomic E-state index is 0.0665. The number of fused-ring (bicyclic) bond motifs is 2. The summed E-state index contributed by atoms with van der Waals surface area (Å²) in [6.07, 6.45) is 1.62. The van der Waals surface area contributed by atoms with Gasteiger partial charge in [-0.15, -0.1) is 0 Å². The molecular formula is C25H18ClFO5. The van der Waals surface area contributed by atoms with E-state index in [0.717, 1.165) is 5.56 Å². The summed E-state index contributed by atoms with van der Waals surface area (Å²) in [6.45, 7) is 2.37. The van der Waals surface area contributed by atoms with E-state index in [4.69, 9.17) is 30.5 Å². The van der Waals surface area contributed by atoms with E-state index in [1.165, 1.54) is 6.07 Å². The number of hydrogen-bond acceptors (Lipinski definition) is 5. The lowest BCUT2D eigenvalue weighted by Gasteiger charge is -2.20. The predicted molar refractivity (Wildman–Crippen MR) is 117 cm³/mol. The molecule has 0 N–H and O–H groups in total. The molecule has 7 heteroatoms. The summed E-state index contributed by atoms with van der Waals surface area (Å²) in [5, 5.41) is 0.507. The normalized spacial score (nSPS) is 15.7. The highest BCUT2D eigenvalue weighted by Crippen LogP contribution is 2.41. The molecule has 5 nitrogen and oxygen atoms in total. The van der Waals surface area contributed by atoms with E-state index in [0.29, 0.717) is 51.1 Å². The number of ketones is 1. The Morgan fingerprint density at radius 2 is 2.00 bits per heavy atom. The highest BCUT2D eigenvalue weighted by molar-refractivity contribution is 6.31. The summed E-state index contributed by atoms with van der Waals surface area (Å²) < 4.78 is 36.5. The summed E-state index contributed by atoms with van der Waals surface area (Å²) in [7, 11) is 0. The van der Waals surface area contributed by atoms with Gasteiger partial charge in [-0.1, -0.05) is 29.8 Å². The van der Waals surface area contributed by atoms with Crippen LogP contribution in [0.2, 0.25) is 5.02 Å². The van der Waals surface area contributed by atoms with Gasteiger partial charge in [-0.2, -0.15) is 0 Å². The lowest BCUT2D eigenvalue weighted by Crippen LogP contribution is -2.12. The van der Waals surface area contributed by atoms with Gasteiger partial charge in [0.15, 0.2) is 12.6 Å². The maximum atomic E-state index is 13.9. The summed E-state index contributed by atoms with van der Waals surface area (Å²) in [6, 6.07) is 13.3. The molecule has 5 rings (SSSR count). The van der Waals surface area contributed by atoms with Gasteiger partial charge in [0.1, 0.15) is 29.7 Å².